The average Bonchev–Trinajstić information content (AvgIpc) is 2.81. The third-order valence-electron chi connectivity index (χ3n) is 6.33. The Labute approximate surface area is 184 Å². The number of rotatable bonds is 4. The molecule has 160 valence electrons. The first-order valence-electron chi connectivity index (χ1n) is 10.9. The third kappa shape index (κ3) is 4.48. The minimum atomic E-state index is -0.323. The molecule has 1 aliphatic rings. The van der Waals surface area contributed by atoms with Crippen LogP contribution in [0.1, 0.15) is 40.2 Å². The number of hydrogen-bond donors (Lipinski definition) is 0. The summed E-state index contributed by atoms with van der Waals surface area (Å²) in [6.07, 6.45) is 1.84. The normalized spacial score (nSPS) is 14.5. The molecule has 1 heterocycles. The highest BCUT2D eigenvalue weighted by Crippen LogP contribution is 2.32. The molecule has 4 rings (SSSR count). The van der Waals surface area contributed by atoms with Gasteiger partial charge in [0.05, 0.1) is 0 Å². The molecule has 1 aliphatic heterocycles. The van der Waals surface area contributed by atoms with Crippen LogP contribution < -0.4 is 4.90 Å². The van der Waals surface area contributed by atoms with Crippen molar-refractivity contribution in [2.45, 2.75) is 25.7 Å². The van der Waals surface area contributed by atoms with Crippen LogP contribution in [-0.2, 0) is 0 Å². The van der Waals surface area contributed by atoms with Gasteiger partial charge < -0.3 is 9.80 Å². The third-order valence-corrected chi connectivity index (χ3v) is 6.33. The van der Waals surface area contributed by atoms with Crippen molar-refractivity contribution in [2.75, 3.05) is 32.1 Å². The van der Waals surface area contributed by atoms with Crippen molar-refractivity contribution >= 4 is 11.6 Å². The number of carbonyl (C=O) groups is 1. The van der Waals surface area contributed by atoms with Crippen molar-refractivity contribution in [3.05, 3.63) is 89.2 Å². The average molecular weight is 417 g/mol. The van der Waals surface area contributed by atoms with E-state index in [4.69, 9.17) is 0 Å². The van der Waals surface area contributed by atoms with Crippen molar-refractivity contribution < 1.29 is 9.18 Å². The lowest BCUT2D eigenvalue weighted by molar-refractivity contribution is 0.0711. The van der Waals surface area contributed by atoms with Crippen LogP contribution in [0.25, 0.3) is 11.1 Å². The number of anilines is 1. The minimum Gasteiger partial charge on any atom is -0.378 e. The SMILES string of the molecule is Cc1c(F)cccc1C(=O)N1CCC(c2cccc(-c3cccc(N(C)C)c3)c2)CC1. The number of benzene rings is 3. The molecule has 0 aromatic heterocycles. The van der Waals surface area contributed by atoms with E-state index < -0.39 is 0 Å². The summed E-state index contributed by atoms with van der Waals surface area (Å²) in [4.78, 5) is 16.9. The zero-order valence-electron chi connectivity index (χ0n) is 18.4. The second-order valence-electron chi connectivity index (χ2n) is 8.55. The molecule has 0 radical (unpaired) electrons. The summed E-state index contributed by atoms with van der Waals surface area (Å²) in [5.74, 6) is 0.0372. The van der Waals surface area contributed by atoms with E-state index in [-0.39, 0.29) is 11.7 Å². The van der Waals surface area contributed by atoms with Gasteiger partial charge in [-0.1, -0.05) is 42.5 Å². The summed E-state index contributed by atoms with van der Waals surface area (Å²) in [7, 11) is 4.10. The topological polar surface area (TPSA) is 23.6 Å². The molecule has 0 unspecified atom stereocenters. The predicted molar refractivity (Wildman–Crippen MR) is 125 cm³/mol. The van der Waals surface area contributed by atoms with Crippen LogP contribution in [0, 0.1) is 12.7 Å². The van der Waals surface area contributed by atoms with Crippen LogP contribution in [0.4, 0.5) is 10.1 Å². The standard InChI is InChI=1S/C27H29FN2O/c1-19-25(11-6-12-26(19)28)27(31)30-15-13-20(14-16-30)21-7-4-8-22(17-21)23-9-5-10-24(18-23)29(2)3/h4-12,17-18,20H,13-16H2,1-3H3. The molecule has 1 fully saturated rings. The molecule has 0 aliphatic carbocycles. The summed E-state index contributed by atoms with van der Waals surface area (Å²) >= 11 is 0. The maximum Gasteiger partial charge on any atom is 0.254 e. The van der Waals surface area contributed by atoms with Gasteiger partial charge in [0, 0.05) is 38.4 Å². The second kappa shape index (κ2) is 8.93. The number of likely N-dealkylation sites (tertiary alicyclic amines) is 1. The number of amides is 1. The second-order valence-corrected chi connectivity index (χ2v) is 8.55. The molecule has 3 aromatic carbocycles. The van der Waals surface area contributed by atoms with Crippen LogP contribution in [0.5, 0.6) is 0 Å². The fraction of sp³-hybridized carbons (Fsp3) is 0.296. The van der Waals surface area contributed by atoms with Gasteiger partial charge >= 0.3 is 0 Å². The van der Waals surface area contributed by atoms with Gasteiger partial charge in [-0.25, -0.2) is 4.39 Å². The van der Waals surface area contributed by atoms with Gasteiger partial charge in [0.1, 0.15) is 5.82 Å². The summed E-state index contributed by atoms with van der Waals surface area (Å²) < 4.78 is 13.9. The summed E-state index contributed by atoms with van der Waals surface area (Å²) in [6, 6.07) is 22.1. The van der Waals surface area contributed by atoms with Crippen LogP contribution in [0.3, 0.4) is 0 Å². The molecule has 0 N–H and O–H groups in total. The number of hydrogen-bond acceptors (Lipinski definition) is 2. The van der Waals surface area contributed by atoms with Gasteiger partial charge in [-0.15, -0.1) is 0 Å². The van der Waals surface area contributed by atoms with Gasteiger partial charge in [-0.3, -0.25) is 4.79 Å². The Morgan fingerprint density at radius 3 is 2.29 bits per heavy atom. The fourth-order valence-corrected chi connectivity index (χ4v) is 4.36. The molecule has 0 spiro atoms. The van der Waals surface area contributed by atoms with E-state index in [9.17, 15) is 9.18 Å². The zero-order valence-corrected chi connectivity index (χ0v) is 18.4. The molecule has 0 saturated carbocycles. The van der Waals surface area contributed by atoms with E-state index in [0.29, 0.717) is 30.1 Å². The Hall–Kier alpha value is -3.14. The van der Waals surface area contributed by atoms with Crippen LogP contribution in [0.15, 0.2) is 66.7 Å². The predicted octanol–water partition coefficient (Wildman–Crippen LogP) is 5.89. The van der Waals surface area contributed by atoms with E-state index >= 15 is 0 Å². The lowest BCUT2D eigenvalue weighted by Crippen LogP contribution is -2.38. The fourth-order valence-electron chi connectivity index (χ4n) is 4.36. The van der Waals surface area contributed by atoms with Gasteiger partial charge in [0.15, 0.2) is 0 Å². The molecule has 3 aromatic rings. The molecule has 31 heavy (non-hydrogen) atoms. The van der Waals surface area contributed by atoms with Gasteiger partial charge in [0.2, 0.25) is 0 Å². The number of halogens is 1. The Balaban J connectivity index is 1.47. The van der Waals surface area contributed by atoms with Crippen molar-refractivity contribution in [1.82, 2.24) is 4.90 Å². The molecule has 1 saturated heterocycles. The smallest absolute Gasteiger partial charge is 0.254 e. The minimum absolute atomic E-state index is 0.0651. The first-order valence-corrected chi connectivity index (χ1v) is 10.9. The molecule has 0 bridgehead atoms. The molecular formula is C27H29FN2O. The van der Waals surface area contributed by atoms with Crippen molar-refractivity contribution in [3.8, 4) is 11.1 Å². The Morgan fingerprint density at radius 1 is 0.935 bits per heavy atom. The summed E-state index contributed by atoms with van der Waals surface area (Å²) in [5, 5.41) is 0. The molecule has 4 heteroatoms. The molecule has 3 nitrogen and oxygen atoms in total. The molecule has 1 amide bonds. The Kier molecular flexibility index (Phi) is 6.08. The maximum absolute atomic E-state index is 13.9. The Morgan fingerprint density at radius 2 is 1.58 bits per heavy atom. The highest BCUT2D eigenvalue weighted by atomic mass is 19.1. The number of piperidine rings is 1. The van der Waals surface area contributed by atoms with E-state index in [1.54, 1.807) is 19.1 Å². The number of carbonyl (C=O) groups excluding carboxylic acids is 1. The van der Waals surface area contributed by atoms with Crippen molar-refractivity contribution in [2.24, 2.45) is 0 Å². The lowest BCUT2D eigenvalue weighted by atomic mass is 9.87. The highest BCUT2D eigenvalue weighted by molar-refractivity contribution is 5.95. The lowest BCUT2D eigenvalue weighted by Gasteiger charge is -2.33. The summed E-state index contributed by atoms with van der Waals surface area (Å²) in [6.45, 7) is 3.06. The highest BCUT2D eigenvalue weighted by Gasteiger charge is 2.26. The first kappa shape index (κ1) is 21.1. The van der Waals surface area contributed by atoms with Gasteiger partial charge in [-0.05, 0) is 72.2 Å². The van der Waals surface area contributed by atoms with Crippen LogP contribution >= 0.6 is 0 Å². The van der Waals surface area contributed by atoms with Gasteiger partial charge in [-0.2, -0.15) is 0 Å². The van der Waals surface area contributed by atoms with Crippen LogP contribution in [0.2, 0.25) is 0 Å². The van der Waals surface area contributed by atoms with E-state index in [0.717, 1.165) is 12.8 Å². The quantitative estimate of drug-likeness (QED) is 0.530. The largest absolute Gasteiger partial charge is 0.378 e. The van der Waals surface area contributed by atoms with Gasteiger partial charge in [0.25, 0.3) is 5.91 Å². The van der Waals surface area contributed by atoms with E-state index in [1.165, 1.54) is 28.4 Å². The van der Waals surface area contributed by atoms with Crippen molar-refractivity contribution in [1.29, 1.82) is 0 Å². The first-order chi connectivity index (χ1) is 14.9. The number of nitrogens with zero attached hydrogens (tertiary/aromatic N) is 2. The molecular weight excluding hydrogens is 387 g/mol. The van der Waals surface area contributed by atoms with E-state index in [1.807, 2.05) is 4.90 Å². The monoisotopic (exact) mass is 416 g/mol. The summed E-state index contributed by atoms with van der Waals surface area (Å²) in [5.41, 5.74) is 5.84. The Bertz CT molecular complexity index is 1080. The van der Waals surface area contributed by atoms with Crippen molar-refractivity contribution in [3.63, 3.8) is 0 Å². The maximum atomic E-state index is 13.9. The zero-order chi connectivity index (χ0) is 22.0. The van der Waals surface area contributed by atoms with E-state index in [2.05, 4.69) is 67.5 Å². The van der Waals surface area contributed by atoms with Crippen LogP contribution in [-0.4, -0.2) is 38.0 Å². The molecule has 0 atom stereocenters.